The molecule has 1 aromatic rings. The molecule has 6 nitrogen and oxygen atoms in total. The van der Waals surface area contributed by atoms with Gasteiger partial charge in [-0.05, 0) is 36.5 Å². The molecule has 6 heteroatoms. The summed E-state index contributed by atoms with van der Waals surface area (Å²) in [7, 11) is 1.72. The summed E-state index contributed by atoms with van der Waals surface area (Å²) in [6.07, 6.45) is 6.60. The lowest BCUT2D eigenvalue weighted by Gasteiger charge is -2.34. The zero-order valence-corrected chi connectivity index (χ0v) is 11.8. The quantitative estimate of drug-likeness (QED) is 0.790. The van der Waals surface area contributed by atoms with Crippen LogP contribution in [0.3, 0.4) is 0 Å². The van der Waals surface area contributed by atoms with Crippen LogP contribution >= 0.6 is 0 Å². The number of aliphatic hydroxyl groups is 1. The van der Waals surface area contributed by atoms with Crippen molar-refractivity contribution in [1.82, 2.24) is 9.88 Å². The molecule has 1 heterocycles. The predicted molar refractivity (Wildman–Crippen MR) is 76.6 cm³/mol. The fourth-order valence-electron chi connectivity index (χ4n) is 2.37. The molecule has 0 aromatic carbocycles. The molecule has 0 radical (unpaired) electrons. The van der Waals surface area contributed by atoms with Crippen molar-refractivity contribution in [3.63, 3.8) is 0 Å². The van der Waals surface area contributed by atoms with Gasteiger partial charge in [0, 0.05) is 32.1 Å². The van der Waals surface area contributed by atoms with E-state index < -0.39 is 5.97 Å². The third-order valence-corrected chi connectivity index (χ3v) is 3.51. The standard InChI is InChI=1S/C15H18N2O4/c1-17(9-11-5-13(18)6-11)15(21)12-4-10(7-16-8-12)2-3-14(19)20/h2-4,7-8,11,13,18H,5-6,9H2,1H3,(H,19,20). The molecule has 1 aliphatic carbocycles. The van der Waals surface area contributed by atoms with E-state index in [-0.39, 0.29) is 12.0 Å². The Hall–Kier alpha value is -2.21. The number of nitrogens with zero attached hydrogens (tertiary/aromatic N) is 2. The average molecular weight is 290 g/mol. The SMILES string of the molecule is CN(CC1CC(O)C1)C(=O)c1cncc(C=CC(=O)O)c1. The van der Waals surface area contributed by atoms with Gasteiger partial charge in [0.2, 0.25) is 0 Å². The van der Waals surface area contributed by atoms with Gasteiger partial charge in [-0.3, -0.25) is 9.78 Å². The van der Waals surface area contributed by atoms with Crippen molar-refractivity contribution in [3.05, 3.63) is 35.7 Å². The van der Waals surface area contributed by atoms with E-state index in [0.717, 1.165) is 18.9 Å². The number of hydrogen-bond donors (Lipinski definition) is 2. The highest BCUT2D eigenvalue weighted by atomic mass is 16.4. The third kappa shape index (κ3) is 4.13. The minimum atomic E-state index is -1.05. The summed E-state index contributed by atoms with van der Waals surface area (Å²) in [5, 5.41) is 17.9. The van der Waals surface area contributed by atoms with Crippen molar-refractivity contribution in [2.24, 2.45) is 5.92 Å². The van der Waals surface area contributed by atoms with Gasteiger partial charge in [0.15, 0.2) is 0 Å². The van der Waals surface area contributed by atoms with Crippen molar-refractivity contribution in [3.8, 4) is 0 Å². The Labute approximate surface area is 122 Å². The van der Waals surface area contributed by atoms with Crippen LogP contribution in [0.2, 0.25) is 0 Å². The molecule has 21 heavy (non-hydrogen) atoms. The van der Waals surface area contributed by atoms with E-state index in [9.17, 15) is 14.7 Å². The first kappa shape index (κ1) is 15.2. The van der Waals surface area contributed by atoms with Crippen LogP contribution in [0.25, 0.3) is 6.08 Å². The normalized spacial score (nSPS) is 21.0. The van der Waals surface area contributed by atoms with Crippen molar-refractivity contribution >= 4 is 18.0 Å². The van der Waals surface area contributed by atoms with E-state index in [2.05, 4.69) is 4.98 Å². The number of rotatable bonds is 5. The first-order valence-corrected chi connectivity index (χ1v) is 6.75. The van der Waals surface area contributed by atoms with Crippen LogP contribution in [0.15, 0.2) is 24.5 Å². The van der Waals surface area contributed by atoms with Crippen LogP contribution in [0.4, 0.5) is 0 Å². The second kappa shape index (κ2) is 6.49. The van der Waals surface area contributed by atoms with E-state index in [1.807, 2.05) is 0 Å². The molecule has 1 saturated carbocycles. The number of aliphatic hydroxyl groups excluding tert-OH is 1. The number of pyridine rings is 1. The second-order valence-corrected chi connectivity index (χ2v) is 5.36. The largest absolute Gasteiger partial charge is 0.478 e. The molecular formula is C15H18N2O4. The third-order valence-electron chi connectivity index (χ3n) is 3.51. The molecule has 0 atom stereocenters. The van der Waals surface area contributed by atoms with Gasteiger partial charge in [-0.25, -0.2) is 4.79 Å². The number of carboxylic acid groups (broad SMARTS) is 1. The van der Waals surface area contributed by atoms with Crippen molar-refractivity contribution < 1.29 is 19.8 Å². The van der Waals surface area contributed by atoms with Crippen LogP contribution in [0, 0.1) is 5.92 Å². The first-order valence-electron chi connectivity index (χ1n) is 6.75. The summed E-state index contributed by atoms with van der Waals surface area (Å²) < 4.78 is 0. The lowest BCUT2D eigenvalue weighted by atomic mass is 9.82. The van der Waals surface area contributed by atoms with Crippen LogP contribution in [-0.4, -0.2) is 51.7 Å². The van der Waals surface area contributed by atoms with E-state index in [0.29, 0.717) is 23.6 Å². The second-order valence-electron chi connectivity index (χ2n) is 5.36. The molecule has 0 aliphatic heterocycles. The summed E-state index contributed by atoms with van der Waals surface area (Å²) in [6, 6.07) is 1.61. The van der Waals surface area contributed by atoms with Crippen LogP contribution in [-0.2, 0) is 4.79 Å². The maximum absolute atomic E-state index is 12.3. The molecule has 112 valence electrons. The number of hydrogen-bond acceptors (Lipinski definition) is 4. The lowest BCUT2D eigenvalue weighted by molar-refractivity contribution is -0.131. The molecule has 0 unspecified atom stereocenters. The first-order chi connectivity index (χ1) is 9.95. The zero-order valence-electron chi connectivity index (χ0n) is 11.8. The van der Waals surface area contributed by atoms with Gasteiger partial charge >= 0.3 is 5.97 Å². The van der Waals surface area contributed by atoms with Crippen molar-refractivity contribution in [2.75, 3.05) is 13.6 Å². The van der Waals surface area contributed by atoms with Gasteiger partial charge in [0.25, 0.3) is 5.91 Å². The molecule has 0 saturated heterocycles. The number of amides is 1. The van der Waals surface area contributed by atoms with Gasteiger partial charge in [0.1, 0.15) is 0 Å². The summed E-state index contributed by atoms with van der Waals surface area (Å²) >= 11 is 0. The van der Waals surface area contributed by atoms with Gasteiger partial charge < -0.3 is 15.1 Å². The minimum Gasteiger partial charge on any atom is -0.478 e. The summed E-state index contributed by atoms with van der Waals surface area (Å²) in [5.74, 6) is -0.862. The molecule has 1 aliphatic rings. The van der Waals surface area contributed by atoms with E-state index >= 15 is 0 Å². The average Bonchev–Trinajstić information content (AvgIpc) is 2.43. The van der Waals surface area contributed by atoms with Crippen LogP contribution in [0.1, 0.15) is 28.8 Å². The van der Waals surface area contributed by atoms with Crippen LogP contribution in [0.5, 0.6) is 0 Å². The Bertz CT molecular complexity index is 565. The maximum Gasteiger partial charge on any atom is 0.328 e. The molecule has 1 aromatic heterocycles. The van der Waals surface area contributed by atoms with E-state index in [1.165, 1.54) is 18.5 Å². The molecule has 1 fully saturated rings. The monoisotopic (exact) mass is 290 g/mol. The number of carboxylic acids is 1. The lowest BCUT2D eigenvalue weighted by Crippen LogP contribution is -2.39. The number of carbonyl (C=O) groups excluding carboxylic acids is 1. The van der Waals surface area contributed by atoms with Crippen molar-refractivity contribution in [1.29, 1.82) is 0 Å². The Kier molecular flexibility index (Phi) is 4.70. The fraction of sp³-hybridized carbons (Fsp3) is 0.400. The van der Waals surface area contributed by atoms with Gasteiger partial charge in [0.05, 0.1) is 11.7 Å². The Morgan fingerprint density at radius 1 is 1.43 bits per heavy atom. The molecule has 0 spiro atoms. The highest BCUT2D eigenvalue weighted by molar-refractivity contribution is 5.94. The van der Waals surface area contributed by atoms with Crippen LogP contribution < -0.4 is 0 Å². The number of carbonyl (C=O) groups is 2. The molecule has 1 amide bonds. The molecule has 2 N–H and O–H groups in total. The molecular weight excluding hydrogens is 272 g/mol. The summed E-state index contributed by atoms with van der Waals surface area (Å²) in [4.78, 5) is 28.3. The predicted octanol–water partition coefficient (Wildman–Crippen LogP) is 1.02. The minimum absolute atomic E-state index is 0.158. The van der Waals surface area contributed by atoms with Gasteiger partial charge in [-0.1, -0.05) is 0 Å². The van der Waals surface area contributed by atoms with E-state index in [4.69, 9.17) is 5.11 Å². The number of aromatic nitrogens is 1. The number of aliphatic carboxylic acids is 1. The smallest absolute Gasteiger partial charge is 0.328 e. The molecule has 0 bridgehead atoms. The maximum atomic E-state index is 12.3. The highest BCUT2D eigenvalue weighted by Gasteiger charge is 2.29. The fourth-order valence-corrected chi connectivity index (χ4v) is 2.37. The Morgan fingerprint density at radius 2 is 2.14 bits per heavy atom. The summed E-state index contributed by atoms with van der Waals surface area (Å²) in [6.45, 7) is 0.602. The Morgan fingerprint density at radius 3 is 2.76 bits per heavy atom. The van der Waals surface area contributed by atoms with E-state index in [1.54, 1.807) is 18.0 Å². The Balaban J connectivity index is 2.01. The summed E-state index contributed by atoms with van der Waals surface area (Å²) in [5.41, 5.74) is 0.987. The van der Waals surface area contributed by atoms with Gasteiger partial charge in [-0.2, -0.15) is 0 Å². The van der Waals surface area contributed by atoms with Gasteiger partial charge in [-0.15, -0.1) is 0 Å². The zero-order chi connectivity index (χ0) is 15.4. The topological polar surface area (TPSA) is 90.7 Å². The highest BCUT2D eigenvalue weighted by Crippen LogP contribution is 2.27. The molecule has 2 rings (SSSR count). The van der Waals surface area contributed by atoms with Crippen molar-refractivity contribution in [2.45, 2.75) is 18.9 Å².